The van der Waals surface area contributed by atoms with Gasteiger partial charge in [0.1, 0.15) is 31.6 Å². The van der Waals surface area contributed by atoms with Crippen LogP contribution in [0.25, 0.3) is 0 Å². The van der Waals surface area contributed by atoms with Crippen LogP contribution in [0.1, 0.15) is 80.3 Å². The Balaban J connectivity index is 1.26. The summed E-state index contributed by atoms with van der Waals surface area (Å²) in [6, 6.07) is 21.2. The monoisotopic (exact) mass is 873 g/mol. The normalized spacial score (nSPS) is 14.3. The van der Waals surface area contributed by atoms with Gasteiger partial charge in [-0.3, -0.25) is 28.8 Å². The number of amides is 5. The van der Waals surface area contributed by atoms with Crippen LogP contribution in [0.4, 0.5) is 9.59 Å². The number of carbonyl (C=O) groups excluding carboxylic acids is 8. The first kappa shape index (κ1) is 47.9. The van der Waals surface area contributed by atoms with Crippen LogP contribution in [-0.2, 0) is 57.9 Å². The van der Waals surface area contributed by atoms with Crippen LogP contribution in [0.5, 0.6) is 0 Å². The number of hydrogen-bond donors (Lipinski definition) is 5. The molecule has 18 heteroatoms. The van der Waals surface area contributed by atoms with Crippen molar-refractivity contribution in [2.75, 3.05) is 6.54 Å². The Morgan fingerprint density at radius 1 is 0.734 bits per heavy atom. The smallest absolute Gasteiger partial charge is 0.419 e. The van der Waals surface area contributed by atoms with Crippen molar-refractivity contribution >= 4 is 55.1 Å². The summed E-state index contributed by atoms with van der Waals surface area (Å²) >= 11 is 0. The van der Waals surface area contributed by atoms with Gasteiger partial charge in [-0.15, -0.1) is 0 Å². The van der Waals surface area contributed by atoms with Gasteiger partial charge < -0.3 is 36.1 Å². The molecule has 1 aromatic heterocycles. The van der Waals surface area contributed by atoms with Gasteiger partial charge in [0, 0.05) is 12.6 Å². The Morgan fingerprint density at radius 3 is 1.94 bits per heavy atom. The summed E-state index contributed by atoms with van der Waals surface area (Å²) in [5.74, 6) is -6.56. The maximum Gasteiger partial charge on any atom is 0.419 e. The van der Waals surface area contributed by atoms with E-state index in [-0.39, 0.29) is 37.7 Å². The van der Waals surface area contributed by atoms with Crippen molar-refractivity contribution in [3.63, 3.8) is 0 Å². The van der Waals surface area contributed by atoms with E-state index >= 15 is 0 Å². The average Bonchev–Trinajstić information content (AvgIpc) is 3.79. The van der Waals surface area contributed by atoms with E-state index in [0.29, 0.717) is 24.8 Å². The van der Waals surface area contributed by atoms with E-state index in [1.54, 1.807) is 85.8 Å². The zero-order valence-electron chi connectivity index (χ0n) is 35.5. The number of aromatic nitrogens is 2. The van der Waals surface area contributed by atoms with Crippen LogP contribution in [0, 0.1) is 5.92 Å². The van der Waals surface area contributed by atoms with E-state index in [4.69, 9.17) is 17.3 Å². The van der Waals surface area contributed by atoms with Crippen molar-refractivity contribution < 1.29 is 47.8 Å². The largest absolute Gasteiger partial charge is 0.459 e. The second kappa shape index (κ2) is 24.5. The molecule has 1 aliphatic carbocycles. The molecule has 1 fully saturated rings. The molecule has 1 unspecified atom stereocenters. The van der Waals surface area contributed by atoms with Gasteiger partial charge in [0.05, 0.1) is 18.3 Å². The first-order valence-electron chi connectivity index (χ1n) is 21.2. The number of esters is 1. The zero-order valence-corrected chi connectivity index (χ0v) is 35.5. The number of imidazole rings is 1. The molecule has 2 radical (unpaired) electrons. The van der Waals surface area contributed by atoms with Crippen molar-refractivity contribution in [3.05, 3.63) is 126 Å². The highest BCUT2D eigenvalue weighted by atomic mass is 16.5. The van der Waals surface area contributed by atoms with Crippen LogP contribution >= 0.6 is 0 Å². The topological polar surface area (TPSA) is 233 Å². The fourth-order valence-electron chi connectivity index (χ4n) is 7.24. The number of rotatable bonds is 21. The molecule has 334 valence electrons. The first-order valence-corrected chi connectivity index (χ1v) is 21.2. The lowest BCUT2D eigenvalue weighted by Gasteiger charge is -2.31. The van der Waals surface area contributed by atoms with Gasteiger partial charge in [0.25, 0.3) is 5.91 Å². The molecule has 5 N–H and O–H groups in total. The van der Waals surface area contributed by atoms with Crippen molar-refractivity contribution in [2.45, 2.75) is 95.7 Å². The van der Waals surface area contributed by atoms with Crippen LogP contribution in [0.3, 0.4) is 0 Å². The molecular formula is C46H52BN7O10. The van der Waals surface area contributed by atoms with Crippen LogP contribution in [-0.4, -0.2) is 89.3 Å². The summed E-state index contributed by atoms with van der Waals surface area (Å²) in [4.78, 5) is 110. The molecular weight excluding hydrogens is 821 g/mol. The maximum absolute atomic E-state index is 14.1. The molecule has 0 bridgehead atoms. The Morgan fingerprint density at radius 2 is 1.33 bits per heavy atom. The third-order valence-corrected chi connectivity index (χ3v) is 10.5. The lowest BCUT2D eigenvalue weighted by atomic mass is 9.83. The highest BCUT2D eigenvalue weighted by Gasteiger charge is 2.35. The molecule has 1 aliphatic rings. The second-order valence-corrected chi connectivity index (χ2v) is 15.4. The molecule has 1 heterocycles. The molecule has 4 aromatic rings. The van der Waals surface area contributed by atoms with Gasteiger partial charge in [0.15, 0.2) is 11.8 Å². The van der Waals surface area contributed by atoms with Crippen molar-refractivity contribution in [1.82, 2.24) is 36.1 Å². The lowest BCUT2D eigenvalue weighted by Crippen LogP contribution is -2.58. The predicted octanol–water partition coefficient (Wildman–Crippen LogP) is 3.49. The Bertz CT molecular complexity index is 2220. The summed E-state index contributed by atoms with van der Waals surface area (Å²) in [5.41, 5.74) is 2.11. The van der Waals surface area contributed by atoms with E-state index in [0.717, 1.165) is 35.0 Å². The molecule has 0 aliphatic heterocycles. The van der Waals surface area contributed by atoms with E-state index in [1.165, 1.54) is 12.5 Å². The SMILES string of the molecule is [B]C(=O)N[C@H](C(=O)N[C@@H](Cc1cn(C(=O)OCc2ccccc2)cn1)C(=O)NC(CCC)C(=O)C(=O)NCC(=O)N[C@H](C(=O)OCc1ccccc1)c1ccccc1)C1CCCCC1. The molecule has 5 rings (SSSR count). The molecule has 5 amide bonds. The molecule has 64 heavy (non-hydrogen) atoms. The first-order chi connectivity index (χ1) is 30.9. The second-order valence-electron chi connectivity index (χ2n) is 15.4. The summed E-state index contributed by atoms with van der Waals surface area (Å²) in [6.07, 6.45) is 5.74. The molecule has 4 atom stereocenters. The number of hydrogen-bond acceptors (Lipinski definition) is 11. The van der Waals surface area contributed by atoms with Crippen LogP contribution in [0.15, 0.2) is 104 Å². The summed E-state index contributed by atoms with van der Waals surface area (Å²) in [6.45, 7) is 0.979. The minimum absolute atomic E-state index is 0.00397. The minimum Gasteiger partial charge on any atom is -0.459 e. The van der Waals surface area contributed by atoms with Crippen LogP contribution < -0.4 is 26.6 Å². The number of Topliss-reactive ketones (excluding diaryl/α,β-unsaturated/α-hetero) is 1. The van der Waals surface area contributed by atoms with E-state index in [2.05, 4.69) is 31.6 Å². The number of ether oxygens (including phenoxy) is 2. The van der Waals surface area contributed by atoms with E-state index in [1.807, 2.05) is 12.1 Å². The number of carbonyl (C=O) groups is 8. The Labute approximate surface area is 372 Å². The molecule has 3 aromatic carbocycles. The van der Waals surface area contributed by atoms with Gasteiger partial charge >= 0.3 is 12.1 Å². The van der Waals surface area contributed by atoms with Gasteiger partial charge in [-0.05, 0) is 41.9 Å². The Hall–Kier alpha value is -7.11. The maximum atomic E-state index is 14.1. The number of benzene rings is 3. The number of nitrogens with zero attached hydrogens (tertiary/aromatic N) is 2. The van der Waals surface area contributed by atoms with Crippen LogP contribution in [0.2, 0.25) is 0 Å². The molecule has 0 saturated heterocycles. The lowest BCUT2D eigenvalue weighted by molar-refractivity contribution is -0.149. The average molecular weight is 874 g/mol. The fraction of sp³-hybridized carbons (Fsp3) is 0.370. The van der Waals surface area contributed by atoms with Gasteiger partial charge in [-0.2, -0.15) is 0 Å². The van der Waals surface area contributed by atoms with Gasteiger partial charge in [-0.1, -0.05) is 124 Å². The van der Waals surface area contributed by atoms with E-state index in [9.17, 15) is 38.4 Å². The molecule has 17 nitrogen and oxygen atoms in total. The molecule has 1 saturated carbocycles. The van der Waals surface area contributed by atoms with E-state index < -0.39 is 78.0 Å². The Kier molecular flexibility index (Phi) is 18.4. The quantitative estimate of drug-likeness (QED) is 0.0462. The number of ketones is 1. The standard InChI is InChI=1S/C46H52BN7O10/c1-2-15-35(40(56)43(59)48-25-37(55)52-39(33-22-13-6-14-23-33)44(60)63-27-30-16-7-3-8-17-30)50-41(57)36(51-42(58)38(53-45(47)61)32-20-11-5-12-21-32)24-34-26-54(29-49-34)46(62)64-28-31-18-9-4-10-19-31/h3-4,6-10,13-14,16-19,22-23,26,29,32,35-36,38-39H,2,5,11-12,15,20-21,24-25,27-28H2,1H3,(H,48,59)(H,50,57)(H,51,58)(H,52,55)(H,53,61)/t35?,36-,38-,39-/m0/s1. The summed E-state index contributed by atoms with van der Waals surface area (Å²) < 4.78 is 11.9. The molecule has 0 spiro atoms. The highest BCUT2D eigenvalue weighted by Crippen LogP contribution is 2.27. The fourth-order valence-corrected chi connectivity index (χ4v) is 7.24. The summed E-state index contributed by atoms with van der Waals surface area (Å²) in [5, 5.41) is 12.6. The predicted molar refractivity (Wildman–Crippen MR) is 233 cm³/mol. The van der Waals surface area contributed by atoms with Gasteiger partial charge in [-0.25, -0.2) is 19.1 Å². The third-order valence-electron chi connectivity index (χ3n) is 10.5. The summed E-state index contributed by atoms with van der Waals surface area (Å²) in [7, 11) is 5.46. The number of nitrogens with one attached hydrogen (secondary N) is 5. The van der Waals surface area contributed by atoms with Crippen molar-refractivity contribution in [2.24, 2.45) is 5.92 Å². The zero-order chi connectivity index (χ0) is 45.8. The third kappa shape index (κ3) is 14.8. The minimum atomic E-state index is -1.42. The van der Waals surface area contributed by atoms with Crippen molar-refractivity contribution in [3.8, 4) is 0 Å². The van der Waals surface area contributed by atoms with Crippen molar-refractivity contribution in [1.29, 1.82) is 0 Å². The van der Waals surface area contributed by atoms with Gasteiger partial charge in [0.2, 0.25) is 31.4 Å². The highest BCUT2D eigenvalue weighted by molar-refractivity contribution is 6.57.